The number of amides is 1. The molecule has 0 bridgehead atoms. The number of carbonyl (C=O) groups is 1. The minimum absolute atomic E-state index is 0.0315. The van der Waals surface area contributed by atoms with Gasteiger partial charge in [-0.05, 0) is 57.0 Å². The molecular weight excluding hydrogens is 296 g/mol. The van der Waals surface area contributed by atoms with Gasteiger partial charge >= 0.3 is 6.09 Å². The number of carbonyl (C=O) groups excluding carboxylic acids is 1. The maximum atomic E-state index is 12.3. The van der Waals surface area contributed by atoms with E-state index in [1.54, 1.807) is 11.3 Å². The largest absolute Gasteiger partial charge is 0.444 e. The molecule has 1 aliphatic rings. The predicted molar refractivity (Wildman–Crippen MR) is 91.4 cm³/mol. The fourth-order valence-electron chi connectivity index (χ4n) is 3.22. The Labute approximate surface area is 137 Å². The zero-order chi connectivity index (χ0) is 16.5. The Bertz CT molecular complexity index is 533. The molecule has 2 rings (SSSR count). The molecule has 1 aromatic heterocycles. The molecule has 0 saturated heterocycles. The zero-order valence-corrected chi connectivity index (χ0v) is 15.3. The van der Waals surface area contributed by atoms with Gasteiger partial charge in [0.2, 0.25) is 0 Å². The molecule has 0 aromatic carbocycles. The Morgan fingerprint density at radius 3 is 2.73 bits per heavy atom. The van der Waals surface area contributed by atoms with Crippen LogP contribution in [0, 0.1) is 5.92 Å². The molecule has 4 nitrogen and oxygen atoms in total. The summed E-state index contributed by atoms with van der Waals surface area (Å²) in [5.74, 6) is 0.288. The van der Waals surface area contributed by atoms with Crippen LogP contribution in [0.15, 0.2) is 11.4 Å². The Morgan fingerprint density at radius 1 is 1.45 bits per heavy atom. The maximum Gasteiger partial charge on any atom is 0.407 e. The normalized spacial score (nSPS) is 23.0. The van der Waals surface area contributed by atoms with Crippen molar-refractivity contribution in [2.24, 2.45) is 5.92 Å². The van der Waals surface area contributed by atoms with Crippen molar-refractivity contribution >= 4 is 17.4 Å². The Morgan fingerprint density at radius 2 is 2.14 bits per heavy atom. The lowest BCUT2D eigenvalue weighted by molar-refractivity contribution is 0.0437. The third kappa shape index (κ3) is 3.63. The van der Waals surface area contributed by atoms with Crippen LogP contribution in [0.4, 0.5) is 4.79 Å². The monoisotopic (exact) mass is 324 g/mol. The average Bonchev–Trinajstić information content (AvgIpc) is 2.83. The van der Waals surface area contributed by atoms with Crippen molar-refractivity contribution in [3.05, 3.63) is 21.9 Å². The first-order valence-corrected chi connectivity index (χ1v) is 8.83. The van der Waals surface area contributed by atoms with Gasteiger partial charge in [-0.25, -0.2) is 4.79 Å². The van der Waals surface area contributed by atoms with Crippen LogP contribution in [-0.2, 0) is 16.7 Å². The second kappa shape index (κ2) is 6.20. The van der Waals surface area contributed by atoms with E-state index in [1.807, 2.05) is 20.8 Å². The summed E-state index contributed by atoms with van der Waals surface area (Å²) < 4.78 is 5.45. The lowest BCUT2D eigenvalue weighted by Gasteiger charge is -2.44. The van der Waals surface area contributed by atoms with Crippen LogP contribution in [0.25, 0.3) is 0 Å². The predicted octanol–water partition coefficient (Wildman–Crippen LogP) is 3.66. The molecule has 1 aliphatic heterocycles. The highest BCUT2D eigenvalue weighted by molar-refractivity contribution is 7.10. The van der Waals surface area contributed by atoms with Crippen LogP contribution in [0.5, 0.6) is 0 Å². The van der Waals surface area contributed by atoms with Crippen molar-refractivity contribution in [2.75, 3.05) is 6.54 Å². The number of fused-ring (bicyclic) bond motifs is 1. The molecule has 0 spiro atoms. The first-order chi connectivity index (χ1) is 10.1. The highest BCUT2D eigenvalue weighted by Gasteiger charge is 2.42. The number of hydrogen-bond donors (Lipinski definition) is 2. The number of thiophene rings is 1. The summed E-state index contributed by atoms with van der Waals surface area (Å²) in [6, 6.07) is 2.15. The highest BCUT2D eigenvalue weighted by atomic mass is 32.1. The molecule has 0 aliphatic carbocycles. The van der Waals surface area contributed by atoms with Gasteiger partial charge in [0.05, 0.1) is 11.6 Å². The third-order valence-electron chi connectivity index (χ3n) is 4.11. The number of nitrogens with one attached hydrogen (secondary N) is 2. The Balaban J connectivity index is 2.24. The molecule has 2 heterocycles. The second-order valence-electron chi connectivity index (χ2n) is 7.50. The fourth-order valence-corrected chi connectivity index (χ4v) is 4.21. The summed E-state index contributed by atoms with van der Waals surface area (Å²) in [6.45, 7) is 13.0. The van der Waals surface area contributed by atoms with Crippen molar-refractivity contribution in [2.45, 2.75) is 65.1 Å². The van der Waals surface area contributed by atoms with Gasteiger partial charge in [-0.2, -0.15) is 0 Å². The molecule has 22 heavy (non-hydrogen) atoms. The van der Waals surface area contributed by atoms with E-state index in [4.69, 9.17) is 4.74 Å². The summed E-state index contributed by atoms with van der Waals surface area (Å²) in [5, 5.41) is 8.86. The summed E-state index contributed by atoms with van der Waals surface area (Å²) in [5.41, 5.74) is 0.553. The standard InChI is InChI=1S/C17H28N2O2S/c1-11(2)14(19-15(20)21-16(3,4)5)17(6)12-8-10-22-13(12)7-9-18-17/h8,10-11,14,18H,7,9H2,1-6H3,(H,19,20). The molecule has 0 fully saturated rings. The minimum atomic E-state index is -0.486. The van der Waals surface area contributed by atoms with E-state index in [-0.39, 0.29) is 23.6 Å². The van der Waals surface area contributed by atoms with Gasteiger partial charge in [-0.3, -0.25) is 0 Å². The van der Waals surface area contributed by atoms with Gasteiger partial charge in [0.1, 0.15) is 5.60 Å². The van der Waals surface area contributed by atoms with E-state index < -0.39 is 5.60 Å². The molecule has 5 heteroatoms. The number of rotatable bonds is 3. The number of hydrogen-bond acceptors (Lipinski definition) is 4. The quantitative estimate of drug-likeness (QED) is 0.892. The van der Waals surface area contributed by atoms with E-state index in [9.17, 15) is 4.79 Å². The Kier molecular flexibility index (Phi) is 4.87. The molecule has 2 unspecified atom stereocenters. The minimum Gasteiger partial charge on any atom is -0.444 e. The number of ether oxygens (including phenoxy) is 1. The van der Waals surface area contributed by atoms with Gasteiger partial charge in [-0.1, -0.05) is 13.8 Å². The Hall–Kier alpha value is -1.07. The van der Waals surface area contributed by atoms with Crippen molar-refractivity contribution in [3.8, 4) is 0 Å². The van der Waals surface area contributed by atoms with Crippen LogP contribution in [0.3, 0.4) is 0 Å². The highest BCUT2D eigenvalue weighted by Crippen LogP contribution is 2.36. The summed E-state index contributed by atoms with van der Waals surface area (Å²) in [4.78, 5) is 13.7. The molecule has 1 aromatic rings. The maximum absolute atomic E-state index is 12.3. The van der Waals surface area contributed by atoms with E-state index >= 15 is 0 Å². The summed E-state index contributed by atoms with van der Waals surface area (Å²) >= 11 is 1.80. The first-order valence-electron chi connectivity index (χ1n) is 7.95. The van der Waals surface area contributed by atoms with E-state index in [2.05, 4.69) is 42.9 Å². The van der Waals surface area contributed by atoms with Crippen LogP contribution in [-0.4, -0.2) is 24.3 Å². The molecule has 2 N–H and O–H groups in total. The molecule has 124 valence electrons. The van der Waals surface area contributed by atoms with E-state index in [0.29, 0.717) is 0 Å². The number of alkyl carbamates (subject to hydrolysis) is 1. The van der Waals surface area contributed by atoms with Gasteiger partial charge in [0.25, 0.3) is 0 Å². The van der Waals surface area contributed by atoms with Crippen molar-refractivity contribution in [3.63, 3.8) is 0 Å². The van der Waals surface area contributed by atoms with Crippen LogP contribution < -0.4 is 10.6 Å². The van der Waals surface area contributed by atoms with Gasteiger partial charge in [0, 0.05) is 11.4 Å². The third-order valence-corrected chi connectivity index (χ3v) is 5.09. The average molecular weight is 324 g/mol. The van der Waals surface area contributed by atoms with E-state index in [0.717, 1.165) is 13.0 Å². The van der Waals surface area contributed by atoms with Crippen molar-refractivity contribution in [1.82, 2.24) is 10.6 Å². The molecule has 0 radical (unpaired) electrons. The van der Waals surface area contributed by atoms with Gasteiger partial charge in [-0.15, -0.1) is 11.3 Å². The lowest BCUT2D eigenvalue weighted by Crippen LogP contribution is -2.61. The smallest absolute Gasteiger partial charge is 0.407 e. The van der Waals surface area contributed by atoms with Crippen LogP contribution in [0.2, 0.25) is 0 Å². The van der Waals surface area contributed by atoms with E-state index in [1.165, 1.54) is 10.4 Å². The molecular formula is C17H28N2O2S. The summed E-state index contributed by atoms with van der Waals surface area (Å²) in [7, 11) is 0. The van der Waals surface area contributed by atoms with Crippen LogP contribution in [0.1, 0.15) is 52.0 Å². The van der Waals surface area contributed by atoms with Gasteiger partial charge < -0.3 is 15.4 Å². The fraction of sp³-hybridized carbons (Fsp3) is 0.706. The zero-order valence-electron chi connectivity index (χ0n) is 14.4. The molecule has 2 atom stereocenters. The molecule has 0 saturated carbocycles. The first kappa shape index (κ1) is 17.3. The van der Waals surface area contributed by atoms with Crippen molar-refractivity contribution < 1.29 is 9.53 Å². The topological polar surface area (TPSA) is 50.4 Å². The van der Waals surface area contributed by atoms with Gasteiger partial charge in [0.15, 0.2) is 0 Å². The SMILES string of the molecule is CC(C)C(NC(=O)OC(C)(C)C)C1(C)NCCc2sccc21. The lowest BCUT2D eigenvalue weighted by atomic mass is 9.77. The van der Waals surface area contributed by atoms with Crippen molar-refractivity contribution in [1.29, 1.82) is 0 Å². The second-order valence-corrected chi connectivity index (χ2v) is 8.51. The summed E-state index contributed by atoms with van der Waals surface area (Å²) in [6.07, 6.45) is 0.705. The van der Waals surface area contributed by atoms with Crippen LogP contribution >= 0.6 is 11.3 Å². The molecule has 1 amide bonds.